The van der Waals surface area contributed by atoms with Crippen molar-refractivity contribution in [2.75, 3.05) is 0 Å². The zero-order valence-corrected chi connectivity index (χ0v) is 6.85. The van der Waals surface area contributed by atoms with Crippen LogP contribution in [-0.2, 0) is 14.6 Å². The fourth-order valence-corrected chi connectivity index (χ4v) is 0.402. The van der Waals surface area contributed by atoms with Gasteiger partial charge in [0.15, 0.2) is 5.56 Å². The topological polar surface area (TPSA) is 35.5 Å². The first-order valence-electron chi connectivity index (χ1n) is 3.17. The fraction of sp³-hybridized carbons (Fsp3) is 0.833. The Morgan fingerprint density at radius 2 is 2.30 bits per heavy atom. The summed E-state index contributed by atoms with van der Waals surface area (Å²) in [6.07, 6.45) is 1.11. The minimum Gasteiger partial charge on any atom is -0.297 e. The number of hydrogen-bond donors (Lipinski definition) is 0. The molecular formula is C6H11ClO3. The van der Waals surface area contributed by atoms with Crippen LogP contribution in [0.25, 0.3) is 0 Å². The van der Waals surface area contributed by atoms with Crippen LogP contribution in [-0.4, -0.2) is 11.5 Å². The van der Waals surface area contributed by atoms with Gasteiger partial charge in [-0.3, -0.25) is 4.89 Å². The van der Waals surface area contributed by atoms with Gasteiger partial charge in [0.25, 0.3) is 0 Å². The molecule has 0 saturated carbocycles. The van der Waals surface area contributed by atoms with Crippen molar-refractivity contribution in [1.82, 2.24) is 0 Å². The molecule has 0 aromatic rings. The molecule has 0 saturated heterocycles. The summed E-state index contributed by atoms with van der Waals surface area (Å²) in [5.74, 6) is -0.380. The van der Waals surface area contributed by atoms with E-state index in [1.54, 1.807) is 6.92 Å². The summed E-state index contributed by atoms with van der Waals surface area (Å²) in [5, 5.41) is 0. The maximum absolute atomic E-state index is 10.5. The standard InChI is InChI=1S/C6H11ClO3/c1-3-4-6(8)10-9-5(2)7/h5H,3-4H2,1-2H3. The van der Waals surface area contributed by atoms with E-state index in [4.69, 9.17) is 11.6 Å². The minimum absolute atomic E-state index is 0.365. The highest BCUT2D eigenvalue weighted by atomic mass is 35.5. The first kappa shape index (κ1) is 9.72. The lowest BCUT2D eigenvalue weighted by Gasteiger charge is -2.02. The summed E-state index contributed by atoms with van der Waals surface area (Å²) >= 11 is 5.32. The molecule has 1 unspecified atom stereocenters. The van der Waals surface area contributed by atoms with E-state index in [1.165, 1.54) is 0 Å². The van der Waals surface area contributed by atoms with Gasteiger partial charge in [0.2, 0.25) is 0 Å². The molecule has 3 nitrogen and oxygen atoms in total. The molecule has 0 N–H and O–H groups in total. The molecule has 60 valence electrons. The largest absolute Gasteiger partial charge is 0.342 e. The lowest BCUT2D eigenvalue weighted by Crippen LogP contribution is -2.08. The van der Waals surface area contributed by atoms with Crippen LogP contribution in [0.1, 0.15) is 26.7 Å². The van der Waals surface area contributed by atoms with E-state index in [0.29, 0.717) is 6.42 Å². The molecule has 4 heteroatoms. The Morgan fingerprint density at radius 3 is 2.70 bits per heavy atom. The van der Waals surface area contributed by atoms with E-state index in [1.807, 2.05) is 6.92 Å². The zero-order valence-electron chi connectivity index (χ0n) is 6.09. The van der Waals surface area contributed by atoms with Gasteiger partial charge in [-0.15, -0.1) is 0 Å². The van der Waals surface area contributed by atoms with E-state index in [2.05, 4.69) is 9.78 Å². The number of carbonyl (C=O) groups is 1. The Labute approximate surface area is 65.2 Å². The predicted molar refractivity (Wildman–Crippen MR) is 37.4 cm³/mol. The molecule has 0 aliphatic heterocycles. The van der Waals surface area contributed by atoms with E-state index in [-0.39, 0.29) is 5.97 Å². The second-order valence-electron chi connectivity index (χ2n) is 1.84. The van der Waals surface area contributed by atoms with Crippen molar-refractivity contribution in [3.05, 3.63) is 0 Å². The summed E-state index contributed by atoms with van der Waals surface area (Å²) in [4.78, 5) is 19.2. The van der Waals surface area contributed by atoms with Crippen molar-refractivity contribution in [1.29, 1.82) is 0 Å². The number of halogens is 1. The molecule has 0 bridgehead atoms. The van der Waals surface area contributed by atoms with Gasteiger partial charge in [-0.2, -0.15) is 4.89 Å². The molecule has 1 atom stereocenters. The average molecular weight is 167 g/mol. The van der Waals surface area contributed by atoms with Crippen LogP contribution >= 0.6 is 11.6 Å². The van der Waals surface area contributed by atoms with Crippen molar-refractivity contribution in [2.45, 2.75) is 32.3 Å². The van der Waals surface area contributed by atoms with Crippen LogP contribution in [0.15, 0.2) is 0 Å². The summed E-state index contributed by atoms with van der Waals surface area (Å²) in [6, 6.07) is 0. The SMILES string of the molecule is CCCC(=O)OOC(C)Cl. The van der Waals surface area contributed by atoms with Gasteiger partial charge < -0.3 is 0 Å². The fourth-order valence-electron chi connectivity index (χ4n) is 0.366. The first-order valence-corrected chi connectivity index (χ1v) is 3.60. The van der Waals surface area contributed by atoms with Gasteiger partial charge >= 0.3 is 5.97 Å². The van der Waals surface area contributed by atoms with Crippen molar-refractivity contribution < 1.29 is 14.6 Å². The third kappa shape index (κ3) is 5.85. The number of hydrogen-bond acceptors (Lipinski definition) is 3. The Morgan fingerprint density at radius 1 is 1.70 bits per heavy atom. The molecule has 0 spiro atoms. The normalized spacial score (nSPS) is 12.7. The van der Waals surface area contributed by atoms with Crippen molar-refractivity contribution in [3.8, 4) is 0 Å². The van der Waals surface area contributed by atoms with Gasteiger partial charge in [0.1, 0.15) is 0 Å². The molecule has 0 aliphatic rings. The third-order valence-corrected chi connectivity index (χ3v) is 0.801. The van der Waals surface area contributed by atoms with Gasteiger partial charge in [-0.25, -0.2) is 4.79 Å². The van der Waals surface area contributed by atoms with Gasteiger partial charge in [0, 0.05) is 6.42 Å². The maximum Gasteiger partial charge on any atom is 0.342 e. The quantitative estimate of drug-likeness (QED) is 0.363. The van der Waals surface area contributed by atoms with Crippen LogP contribution in [0, 0.1) is 0 Å². The zero-order chi connectivity index (χ0) is 7.98. The Balaban J connectivity index is 3.22. The number of alkyl halides is 1. The summed E-state index contributed by atoms with van der Waals surface area (Å²) < 4.78 is 0. The molecule has 0 amide bonds. The Hall–Kier alpha value is -0.280. The molecule has 0 radical (unpaired) electrons. The molecule has 10 heavy (non-hydrogen) atoms. The molecule has 0 aromatic heterocycles. The highest BCUT2D eigenvalue weighted by Crippen LogP contribution is 1.99. The minimum atomic E-state index is -0.583. The Kier molecular flexibility index (Phi) is 5.35. The summed E-state index contributed by atoms with van der Waals surface area (Å²) in [6.45, 7) is 3.45. The highest BCUT2D eigenvalue weighted by molar-refractivity contribution is 6.19. The van der Waals surface area contributed by atoms with E-state index >= 15 is 0 Å². The third-order valence-electron chi connectivity index (χ3n) is 0.728. The maximum atomic E-state index is 10.5. The number of rotatable bonds is 4. The van der Waals surface area contributed by atoms with Crippen molar-refractivity contribution in [2.24, 2.45) is 0 Å². The van der Waals surface area contributed by atoms with Crippen LogP contribution in [0.5, 0.6) is 0 Å². The molecule has 0 aliphatic carbocycles. The van der Waals surface area contributed by atoms with Crippen LogP contribution in [0.2, 0.25) is 0 Å². The van der Waals surface area contributed by atoms with Crippen LogP contribution < -0.4 is 0 Å². The Bertz CT molecular complexity index is 103. The molecule has 0 heterocycles. The predicted octanol–water partition coefficient (Wildman–Crippen LogP) is 1.85. The molecular weight excluding hydrogens is 156 g/mol. The average Bonchev–Trinajstić information content (AvgIpc) is 1.85. The monoisotopic (exact) mass is 166 g/mol. The van der Waals surface area contributed by atoms with E-state index < -0.39 is 5.56 Å². The van der Waals surface area contributed by atoms with Crippen LogP contribution in [0.4, 0.5) is 0 Å². The molecule has 0 rings (SSSR count). The molecule has 0 aromatic carbocycles. The van der Waals surface area contributed by atoms with Gasteiger partial charge in [-0.1, -0.05) is 18.5 Å². The summed E-state index contributed by atoms with van der Waals surface area (Å²) in [5.41, 5.74) is -0.583. The highest BCUT2D eigenvalue weighted by Gasteiger charge is 2.03. The van der Waals surface area contributed by atoms with Crippen LogP contribution in [0.3, 0.4) is 0 Å². The van der Waals surface area contributed by atoms with Crippen molar-refractivity contribution >= 4 is 17.6 Å². The van der Waals surface area contributed by atoms with Gasteiger partial charge in [-0.05, 0) is 13.3 Å². The molecule has 0 fully saturated rings. The number of carbonyl (C=O) groups excluding carboxylic acids is 1. The van der Waals surface area contributed by atoms with Crippen molar-refractivity contribution in [3.63, 3.8) is 0 Å². The second kappa shape index (κ2) is 5.50. The van der Waals surface area contributed by atoms with E-state index in [9.17, 15) is 4.79 Å². The second-order valence-corrected chi connectivity index (χ2v) is 2.46. The summed E-state index contributed by atoms with van der Waals surface area (Å²) in [7, 11) is 0. The van der Waals surface area contributed by atoms with Gasteiger partial charge in [0.05, 0.1) is 0 Å². The lowest BCUT2D eigenvalue weighted by atomic mass is 10.3. The smallest absolute Gasteiger partial charge is 0.297 e. The first-order chi connectivity index (χ1) is 4.66. The van der Waals surface area contributed by atoms with E-state index in [0.717, 1.165) is 6.42 Å². The lowest BCUT2D eigenvalue weighted by molar-refractivity contribution is -0.279.